The standard InChI is InChI=1S/C7H14O3/c1-4-5-10-6(8)7(2,3)9/h9H,4-5H2,1-3H3. The van der Waals surface area contributed by atoms with Gasteiger partial charge in [0, 0.05) is 0 Å². The number of carbonyl (C=O) groups excluding carboxylic acids is 1. The summed E-state index contributed by atoms with van der Waals surface area (Å²) >= 11 is 0. The van der Waals surface area contributed by atoms with Crippen molar-refractivity contribution in [3.8, 4) is 0 Å². The topological polar surface area (TPSA) is 46.5 Å². The van der Waals surface area contributed by atoms with Crippen molar-refractivity contribution in [1.82, 2.24) is 0 Å². The SMILES string of the molecule is CCCOC(=O)C(C)(C)O. The molecule has 0 amide bonds. The van der Waals surface area contributed by atoms with Gasteiger partial charge in [-0.25, -0.2) is 4.79 Å². The van der Waals surface area contributed by atoms with Gasteiger partial charge in [0.15, 0.2) is 5.60 Å². The second-order valence-electron chi connectivity index (χ2n) is 2.69. The first-order valence-electron chi connectivity index (χ1n) is 3.38. The summed E-state index contributed by atoms with van der Waals surface area (Å²) in [6.07, 6.45) is 0.780. The van der Waals surface area contributed by atoms with Crippen LogP contribution < -0.4 is 0 Å². The van der Waals surface area contributed by atoms with E-state index in [2.05, 4.69) is 4.74 Å². The molecule has 0 bridgehead atoms. The number of esters is 1. The van der Waals surface area contributed by atoms with Crippen molar-refractivity contribution in [3.63, 3.8) is 0 Å². The van der Waals surface area contributed by atoms with Crippen LogP contribution in [0.1, 0.15) is 27.2 Å². The molecule has 0 atom stereocenters. The molecule has 0 aromatic carbocycles. The fourth-order valence-corrected chi connectivity index (χ4v) is 0.371. The fourth-order valence-electron chi connectivity index (χ4n) is 0.371. The molecule has 0 aromatic rings. The van der Waals surface area contributed by atoms with E-state index >= 15 is 0 Å². The second-order valence-corrected chi connectivity index (χ2v) is 2.69. The van der Waals surface area contributed by atoms with Crippen LogP contribution in [0.15, 0.2) is 0 Å². The molecule has 10 heavy (non-hydrogen) atoms. The lowest BCUT2D eigenvalue weighted by atomic mass is 10.1. The van der Waals surface area contributed by atoms with E-state index in [1.165, 1.54) is 13.8 Å². The minimum absolute atomic E-state index is 0.378. The lowest BCUT2D eigenvalue weighted by Gasteiger charge is -2.14. The maximum absolute atomic E-state index is 10.8. The van der Waals surface area contributed by atoms with Crippen LogP contribution in [0, 0.1) is 0 Å². The molecule has 0 aliphatic rings. The Kier molecular flexibility index (Phi) is 3.36. The van der Waals surface area contributed by atoms with Crippen LogP contribution in [0.2, 0.25) is 0 Å². The maximum atomic E-state index is 10.8. The Balaban J connectivity index is 3.64. The van der Waals surface area contributed by atoms with Crippen molar-refractivity contribution in [2.75, 3.05) is 6.61 Å². The highest BCUT2D eigenvalue weighted by molar-refractivity contribution is 5.78. The molecule has 0 heterocycles. The van der Waals surface area contributed by atoms with Crippen molar-refractivity contribution in [2.24, 2.45) is 0 Å². The fraction of sp³-hybridized carbons (Fsp3) is 0.857. The third-order valence-electron chi connectivity index (χ3n) is 0.937. The first kappa shape index (κ1) is 9.43. The van der Waals surface area contributed by atoms with E-state index in [1.54, 1.807) is 0 Å². The number of hydrogen-bond donors (Lipinski definition) is 1. The Morgan fingerprint density at radius 1 is 1.60 bits per heavy atom. The summed E-state index contributed by atoms with van der Waals surface area (Å²) in [7, 11) is 0. The zero-order valence-electron chi connectivity index (χ0n) is 6.68. The summed E-state index contributed by atoms with van der Waals surface area (Å²) in [5.41, 5.74) is -1.35. The molecule has 0 rings (SSSR count). The number of hydrogen-bond acceptors (Lipinski definition) is 3. The average Bonchev–Trinajstić information content (AvgIpc) is 1.80. The molecular weight excluding hydrogens is 132 g/mol. The van der Waals surface area contributed by atoms with Crippen LogP contribution in [0.4, 0.5) is 0 Å². The molecule has 0 fully saturated rings. The molecule has 0 spiro atoms. The Morgan fingerprint density at radius 3 is 2.40 bits per heavy atom. The summed E-state index contributed by atoms with van der Waals surface area (Å²) in [5.74, 6) is -0.561. The number of carbonyl (C=O) groups is 1. The Morgan fingerprint density at radius 2 is 2.10 bits per heavy atom. The number of aliphatic hydroxyl groups is 1. The van der Waals surface area contributed by atoms with E-state index in [1.807, 2.05) is 6.92 Å². The Labute approximate surface area is 61.0 Å². The molecule has 60 valence electrons. The molecule has 0 unspecified atom stereocenters. The quantitative estimate of drug-likeness (QED) is 0.596. The minimum Gasteiger partial charge on any atom is -0.464 e. The molecule has 0 aromatic heterocycles. The van der Waals surface area contributed by atoms with E-state index in [0.29, 0.717) is 6.61 Å². The van der Waals surface area contributed by atoms with Gasteiger partial charge in [-0.3, -0.25) is 0 Å². The van der Waals surface area contributed by atoms with Crippen molar-refractivity contribution >= 4 is 5.97 Å². The van der Waals surface area contributed by atoms with Gasteiger partial charge in [0.25, 0.3) is 0 Å². The third kappa shape index (κ3) is 3.45. The van der Waals surface area contributed by atoms with Crippen LogP contribution in [-0.2, 0) is 9.53 Å². The summed E-state index contributed by atoms with van der Waals surface area (Å²) in [6, 6.07) is 0. The number of rotatable bonds is 3. The minimum atomic E-state index is -1.35. The second kappa shape index (κ2) is 3.56. The highest BCUT2D eigenvalue weighted by atomic mass is 16.5. The molecule has 0 aliphatic heterocycles. The van der Waals surface area contributed by atoms with Gasteiger partial charge < -0.3 is 9.84 Å². The van der Waals surface area contributed by atoms with Crippen LogP contribution in [0.3, 0.4) is 0 Å². The first-order chi connectivity index (χ1) is 4.48. The maximum Gasteiger partial charge on any atom is 0.337 e. The summed E-state index contributed by atoms with van der Waals surface area (Å²) in [4.78, 5) is 10.8. The molecule has 0 aliphatic carbocycles. The van der Waals surface area contributed by atoms with Crippen LogP contribution >= 0.6 is 0 Å². The molecule has 1 N–H and O–H groups in total. The van der Waals surface area contributed by atoms with Gasteiger partial charge >= 0.3 is 5.97 Å². The lowest BCUT2D eigenvalue weighted by molar-refractivity contribution is -0.161. The van der Waals surface area contributed by atoms with Crippen molar-refractivity contribution in [2.45, 2.75) is 32.8 Å². The summed E-state index contributed by atoms with van der Waals surface area (Å²) in [6.45, 7) is 5.09. The van der Waals surface area contributed by atoms with E-state index in [4.69, 9.17) is 5.11 Å². The highest BCUT2D eigenvalue weighted by Crippen LogP contribution is 2.03. The molecule has 3 heteroatoms. The molecule has 0 radical (unpaired) electrons. The molecular formula is C7H14O3. The molecule has 0 saturated carbocycles. The van der Waals surface area contributed by atoms with Gasteiger partial charge in [-0.1, -0.05) is 6.92 Å². The largest absolute Gasteiger partial charge is 0.464 e. The van der Waals surface area contributed by atoms with Gasteiger partial charge in [0.05, 0.1) is 6.61 Å². The third-order valence-corrected chi connectivity index (χ3v) is 0.937. The van der Waals surface area contributed by atoms with Gasteiger partial charge in [0.2, 0.25) is 0 Å². The van der Waals surface area contributed by atoms with Gasteiger partial charge in [-0.05, 0) is 20.3 Å². The highest BCUT2D eigenvalue weighted by Gasteiger charge is 2.24. The van der Waals surface area contributed by atoms with Gasteiger partial charge in [0.1, 0.15) is 0 Å². The van der Waals surface area contributed by atoms with Crippen LogP contribution in [0.5, 0.6) is 0 Å². The molecule has 0 saturated heterocycles. The average molecular weight is 146 g/mol. The van der Waals surface area contributed by atoms with E-state index in [9.17, 15) is 4.79 Å². The van der Waals surface area contributed by atoms with Crippen molar-refractivity contribution < 1.29 is 14.6 Å². The Hall–Kier alpha value is -0.570. The van der Waals surface area contributed by atoms with Gasteiger partial charge in [-0.15, -0.1) is 0 Å². The number of ether oxygens (including phenoxy) is 1. The van der Waals surface area contributed by atoms with Gasteiger partial charge in [-0.2, -0.15) is 0 Å². The normalized spacial score (nSPS) is 11.2. The zero-order chi connectivity index (χ0) is 8.20. The van der Waals surface area contributed by atoms with E-state index in [-0.39, 0.29) is 0 Å². The predicted molar refractivity (Wildman–Crippen MR) is 37.5 cm³/mol. The van der Waals surface area contributed by atoms with E-state index in [0.717, 1.165) is 6.42 Å². The predicted octanol–water partition coefficient (Wildman–Crippen LogP) is 0.711. The Bertz CT molecular complexity index is 113. The smallest absolute Gasteiger partial charge is 0.337 e. The first-order valence-corrected chi connectivity index (χ1v) is 3.38. The monoisotopic (exact) mass is 146 g/mol. The molecule has 3 nitrogen and oxygen atoms in total. The van der Waals surface area contributed by atoms with Crippen LogP contribution in [-0.4, -0.2) is 23.3 Å². The van der Waals surface area contributed by atoms with E-state index < -0.39 is 11.6 Å². The lowest BCUT2D eigenvalue weighted by Crippen LogP contribution is -2.33. The summed E-state index contributed by atoms with van der Waals surface area (Å²) in [5, 5.41) is 9.04. The van der Waals surface area contributed by atoms with Crippen molar-refractivity contribution in [1.29, 1.82) is 0 Å². The zero-order valence-corrected chi connectivity index (χ0v) is 6.68. The van der Waals surface area contributed by atoms with Crippen molar-refractivity contribution in [3.05, 3.63) is 0 Å². The van der Waals surface area contributed by atoms with Crippen LogP contribution in [0.25, 0.3) is 0 Å². The summed E-state index contributed by atoms with van der Waals surface area (Å²) < 4.78 is 4.67.